The van der Waals surface area contributed by atoms with Crippen molar-refractivity contribution in [3.05, 3.63) is 144 Å². The molecule has 0 unspecified atom stereocenters. The van der Waals surface area contributed by atoms with Gasteiger partial charge < -0.3 is 9.84 Å². The van der Waals surface area contributed by atoms with Crippen molar-refractivity contribution < 1.29 is 9.84 Å². The number of hydrogen-bond acceptors (Lipinski definition) is 4. The largest absolute Gasteiger partial charge is 0.393 e. The van der Waals surface area contributed by atoms with Crippen molar-refractivity contribution in [1.82, 2.24) is 9.80 Å². The van der Waals surface area contributed by atoms with Crippen molar-refractivity contribution in [2.24, 2.45) is 11.8 Å². The van der Waals surface area contributed by atoms with Crippen LogP contribution in [0.5, 0.6) is 0 Å². The Morgan fingerprint density at radius 1 is 0.547 bits per heavy atom. The van der Waals surface area contributed by atoms with Crippen LogP contribution in [-0.2, 0) is 17.8 Å². The van der Waals surface area contributed by atoms with Crippen LogP contribution in [0.1, 0.15) is 118 Å². The summed E-state index contributed by atoms with van der Waals surface area (Å²) in [5.41, 5.74) is 5.53. The highest BCUT2D eigenvalue weighted by atomic mass is 16.5. The first-order valence-corrected chi connectivity index (χ1v) is 19.8. The van der Waals surface area contributed by atoms with E-state index < -0.39 is 0 Å². The zero-order valence-corrected chi connectivity index (χ0v) is 33.4. The molecule has 0 aliphatic carbocycles. The summed E-state index contributed by atoms with van der Waals surface area (Å²) >= 11 is 0. The Kier molecular flexibility index (Phi) is 27.3. The third-order valence-electron chi connectivity index (χ3n) is 9.49. The first-order valence-electron chi connectivity index (χ1n) is 19.8. The molecule has 2 heterocycles. The molecule has 2 aliphatic heterocycles. The molecule has 6 atom stereocenters. The van der Waals surface area contributed by atoms with Crippen molar-refractivity contribution in [2.45, 2.75) is 121 Å². The number of aliphatic hydroxyl groups excluding tert-OH is 1. The van der Waals surface area contributed by atoms with Crippen molar-refractivity contribution in [3.63, 3.8) is 0 Å². The highest BCUT2D eigenvalue weighted by molar-refractivity contribution is 5.25. The first-order chi connectivity index (χ1) is 24.9. The maximum Gasteiger partial charge on any atom is 0.0593 e. The summed E-state index contributed by atoms with van der Waals surface area (Å²) in [5.74, 6) is 1.86. The molecule has 1 N–H and O–H groups in total. The Labute approximate surface area is 327 Å². The highest BCUT2D eigenvalue weighted by Gasteiger charge is 2.38. The molecule has 4 aromatic rings. The van der Waals surface area contributed by atoms with Crippen LogP contribution in [-0.4, -0.2) is 59.9 Å². The van der Waals surface area contributed by atoms with Crippen LogP contribution >= 0.6 is 0 Å². The van der Waals surface area contributed by atoms with Gasteiger partial charge in [-0.15, -0.1) is 0 Å². The zero-order valence-electron chi connectivity index (χ0n) is 33.4. The molecule has 0 amide bonds. The molecule has 2 saturated heterocycles. The molecule has 0 radical (unpaired) electrons. The molecular weight excluding hydrogens is 649 g/mol. The van der Waals surface area contributed by atoms with E-state index >= 15 is 0 Å². The summed E-state index contributed by atoms with van der Waals surface area (Å²) in [7, 11) is 0. The van der Waals surface area contributed by atoms with Gasteiger partial charge in [0.1, 0.15) is 0 Å². The van der Waals surface area contributed by atoms with Gasteiger partial charge in [0, 0.05) is 69.5 Å². The Balaban J connectivity index is 0.000000848. The molecule has 0 saturated carbocycles. The summed E-state index contributed by atoms with van der Waals surface area (Å²) in [6.07, 6.45) is 1.28. The fourth-order valence-corrected chi connectivity index (χ4v) is 7.22. The SMILES string of the molecule is C.C.CC.CC.CCC.CCO[C@H](C)[C@@H]1CN(Cc2ccccc2)C[C@H]1c1ccccc1.C[C@@H](O)[C@@H]1CN(Cc2ccccc2)C[C@H]1c1ccccc1. The van der Waals surface area contributed by atoms with Gasteiger partial charge in [0.15, 0.2) is 0 Å². The van der Waals surface area contributed by atoms with Crippen molar-refractivity contribution in [2.75, 3.05) is 32.8 Å². The summed E-state index contributed by atoms with van der Waals surface area (Å²) < 4.78 is 5.95. The van der Waals surface area contributed by atoms with Crippen LogP contribution in [0.4, 0.5) is 0 Å². The topological polar surface area (TPSA) is 35.9 Å². The van der Waals surface area contributed by atoms with Gasteiger partial charge in [-0.05, 0) is 43.0 Å². The van der Waals surface area contributed by atoms with Crippen LogP contribution in [0.15, 0.2) is 121 Å². The Morgan fingerprint density at radius 3 is 1.21 bits per heavy atom. The van der Waals surface area contributed by atoms with E-state index in [1.165, 1.54) is 28.7 Å². The zero-order chi connectivity index (χ0) is 37.4. The van der Waals surface area contributed by atoms with Gasteiger partial charge in [0.05, 0.1) is 12.2 Å². The number of benzene rings is 4. The Hall–Kier alpha value is -3.28. The molecule has 6 rings (SSSR count). The average Bonchev–Trinajstić information content (AvgIpc) is 3.81. The van der Waals surface area contributed by atoms with Gasteiger partial charge >= 0.3 is 0 Å². The number of ether oxygens (including phenoxy) is 1. The molecule has 53 heavy (non-hydrogen) atoms. The lowest BCUT2D eigenvalue weighted by molar-refractivity contribution is 0.0310. The molecular formula is C49H78N2O2. The monoisotopic (exact) mass is 727 g/mol. The normalized spacial score (nSPS) is 20.1. The number of rotatable bonds is 10. The third kappa shape index (κ3) is 16.7. The van der Waals surface area contributed by atoms with E-state index in [2.05, 4.69) is 159 Å². The third-order valence-corrected chi connectivity index (χ3v) is 9.49. The smallest absolute Gasteiger partial charge is 0.0593 e. The van der Waals surface area contributed by atoms with Gasteiger partial charge in [-0.3, -0.25) is 9.80 Å². The molecule has 4 heteroatoms. The molecule has 4 aromatic carbocycles. The van der Waals surface area contributed by atoms with Gasteiger partial charge in [-0.25, -0.2) is 0 Å². The molecule has 0 aromatic heterocycles. The Bertz CT molecular complexity index is 1370. The van der Waals surface area contributed by atoms with E-state index in [9.17, 15) is 5.11 Å². The second-order valence-electron chi connectivity index (χ2n) is 13.3. The van der Waals surface area contributed by atoms with E-state index in [1.807, 2.05) is 34.6 Å². The number of hydrogen-bond donors (Lipinski definition) is 1. The molecule has 296 valence electrons. The van der Waals surface area contributed by atoms with E-state index in [4.69, 9.17) is 4.74 Å². The van der Waals surface area contributed by atoms with E-state index in [1.54, 1.807) is 0 Å². The predicted octanol–water partition coefficient (Wildman–Crippen LogP) is 12.4. The standard InChI is InChI=1S/C21H27NO.C19H23NO.C3H8.2C2H6.2CH4/c1-3-23-17(2)20-15-22(14-18-10-6-4-7-11-18)16-21(20)19-12-8-5-9-13-19;1-15(21)18-13-20(12-16-8-4-2-5-9-16)14-19(18)17-10-6-3-7-11-17;1-3-2;2*1-2;;/h4-13,17,20-21H,3,14-16H2,1-2H3;2-11,15,18-19,21H,12-14H2,1H3;3H2,1-2H3;2*1-2H3;2*1H4/t17-,20+,21+;15-,18+,19+;;;;;/m11...../s1. The van der Waals surface area contributed by atoms with E-state index in [0.717, 1.165) is 45.9 Å². The van der Waals surface area contributed by atoms with Crippen LogP contribution in [0.25, 0.3) is 0 Å². The predicted molar refractivity (Wildman–Crippen MR) is 234 cm³/mol. The van der Waals surface area contributed by atoms with Crippen LogP contribution in [0.2, 0.25) is 0 Å². The molecule has 2 aliphatic rings. The molecule has 2 fully saturated rings. The highest BCUT2D eigenvalue weighted by Crippen LogP contribution is 2.37. The lowest BCUT2D eigenvalue weighted by Crippen LogP contribution is -2.27. The Morgan fingerprint density at radius 2 is 0.868 bits per heavy atom. The summed E-state index contributed by atoms with van der Waals surface area (Å²) in [6, 6.07) is 42.9. The van der Waals surface area contributed by atoms with E-state index in [0.29, 0.717) is 29.8 Å². The number of aliphatic hydroxyl groups is 1. The number of nitrogens with zero attached hydrogens (tertiary/aromatic N) is 2. The minimum atomic E-state index is -0.268. The maximum absolute atomic E-state index is 10.1. The summed E-state index contributed by atoms with van der Waals surface area (Å²) in [5, 5.41) is 10.1. The first kappa shape index (κ1) is 49.7. The quantitative estimate of drug-likeness (QED) is 0.176. The van der Waals surface area contributed by atoms with Crippen molar-refractivity contribution >= 4 is 0 Å². The minimum Gasteiger partial charge on any atom is -0.393 e. The van der Waals surface area contributed by atoms with Crippen LogP contribution in [0, 0.1) is 11.8 Å². The number of likely N-dealkylation sites (tertiary alicyclic amines) is 2. The lowest BCUT2D eigenvalue weighted by atomic mass is 9.86. The van der Waals surface area contributed by atoms with E-state index in [-0.39, 0.29) is 21.0 Å². The maximum atomic E-state index is 10.1. The molecule has 0 bridgehead atoms. The summed E-state index contributed by atoms with van der Waals surface area (Å²) in [6.45, 7) is 25.5. The second-order valence-corrected chi connectivity index (χ2v) is 13.3. The summed E-state index contributed by atoms with van der Waals surface area (Å²) in [4.78, 5) is 5.04. The fourth-order valence-electron chi connectivity index (χ4n) is 7.22. The average molecular weight is 727 g/mol. The van der Waals surface area contributed by atoms with Crippen molar-refractivity contribution in [3.8, 4) is 0 Å². The lowest BCUT2D eigenvalue weighted by Gasteiger charge is -2.25. The van der Waals surface area contributed by atoms with Gasteiger partial charge in [0.2, 0.25) is 0 Å². The van der Waals surface area contributed by atoms with Gasteiger partial charge in [0.25, 0.3) is 0 Å². The van der Waals surface area contributed by atoms with Crippen LogP contribution < -0.4 is 0 Å². The van der Waals surface area contributed by atoms with Gasteiger partial charge in [-0.2, -0.15) is 0 Å². The fraction of sp³-hybridized carbons (Fsp3) is 0.510. The van der Waals surface area contributed by atoms with Crippen LogP contribution in [0.3, 0.4) is 0 Å². The minimum absolute atomic E-state index is 0. The molecule has 4 nitrogen and oxygen atoms in total. The molecule has 0 spiro atoms. The van der Waals surface area contributed by atoms with Gasteiger partial charge in [-0.1, -0.05) is 184 Å². The van der Waals surface area contributed by atoms with Crippen molar-refractivity contribution in [1.29, 1.82) is 0 Å². The second kappa shape index (κ2) is 29.1.